The molecule has 1 rings (SSSR count). The van der Waals surface area contributed by atoms with E-state index in [4.69, 9.17) is 10.9 Å². The van der Waals surface area contributed by atoms with Gasteiger partial charge in [-0.15, -0.1) is 0 Å². The number of anilines is 1. The second-order valence-electron chi connectivity index (χ2n) is 1.96. The lowest BCUT2D eigenvalue weighted by molar-refractivity contribution is 0.282. The standard InChI is InChI=1S/C7H10N2O.C2H6/c8-9-7-4-2-1-3-6(7)5-10;1-2/h1-4,9-10H,5,8H2;1-2H3. The van der Waals surface area contributed by atoms with Crippen LogP contribution in [0.2, 0.25) is 0 Å². The van der Waals surface area contributed by atoms with Crippen LogP contribution in [0.1, 0.15) is 19.4 Å². The Morgan fingerprint density at radius 3 is 2.33 bits per heavy atom. The molecule has 0 unspecified atom stereocenters. The van der Waals surface area contributed by atoms with Crippen LogP contribution in [0.3, 0.4) is 0 Å². The van der Waals surface area contributed by atoms with Crippen molar-refractivity contribution in [3.63, 3.8) is 0 Å². The average Bonchev–Trinajstić information content (AvgIpc) is 2.20. The van der Waals surface area contributed by atoms with E-state index in [0.29, 0.717) is 0 Å². The normalized spacial score (nSPS) is 8.33. The molecule has 1 aromatic rings. The summed E-state index contributed by atoms with van der Waals surface area (Å²) in [6.45, 7) is 4.01. The minimum absolute atomic E-state index is 0.0143. The fourth-order valence-electron chi connectivity index (χ4n) is 0.799. The number of hydrogen-bond acceptors (Lipinski definition) is 3. The molecule has 3 nitrogen and oxygen atoms in total. The highest BCUT2D eigenvalue weighted by Gasteiger charge is 1.94. The molecule has 0 saturated heterocycles. The van der Waals surface area contributed by atoms with Crippen LogP contribution in [0, 0.1) is 0 Å². The summed E-state index contributed by atoms with van der Waals surface area (Å²) in [6.07, 6.45) is 0. The van der Waals surface area contributed by atoms with Crippen LogP contribution in [0.4, 0.5) is 5.69 Å². The molecule has 4 N–H and O–H groups in total. The molecule has 0 aliphatic heterocycles. The number of para-hydroxylation sites is 1. The van der Waals surface area contributed by atoms with Gasteiger partial charge in [-0.05, 0) is 6.07 Å². The zero-order chi connectivity index (χ0) is 9.40. The SMILES string of the molecule is CC.NNc1ccccc1CO. The molecule has 12 heavy (non-hydrogen) atoms. The molecule has 0 amide bonds. The highest BCUT2D eigenvalue weighted by molar-refractivity contribution is 5.49. The Morgan fingerprint density at radius 2 is 1.92 bits per heavy atom. The number of nitrogens with one attached hydrogen (secondary N) is 1. The van der Waals surface area contributed by atoms with Gasteiger partial charge in [0.25, 0.3) is 0 Å². The van der Waals surface area contributed by atoms with E-state index in [2.05, 4.69) is 5.43 Å². The Kier molecular flexibility index (Phi) is 6.05. The van der Waals surface area contributed by atoms with Gasteiger partial charge in [0.05, 0.1) is 12.3 Å². The van der Waals surface area contributed by atoms with E-state index in [0.717, 1.165) is 11.3 Å². The van der Waals surface area contributed by atoms with E-state index in [1.54, 1.807) is 0 Å². The zero-order valence-electron chi connectivity index (χ0n) is 7.54. The first-order valence-corrected chi connectivity index (χ1v) is 4.04. The molecule has 0 spiro atoms. The van der Waals surface area contributed by atoms with Crippen molar-refractivity contribution in [3.05, 3.63) is 29.8 Å². The number of hydrogen-bond donors (Lipinski definition) is 3. The van der Waals surface area contributed by atoms with Gasteiger partial charge in [-0.1, -0.05) is 32.0 Å². The smallest absolute Gasteiger partial charge is 0.0702 e. The molecule has 0 aliphatic carbocycles. The summed E-state index contributed by atoms with van der Waals surface area (Å²) in [5, 5.41) is 8.75. The van der Waals surface area contributed by atoms with E-state index in [9.17, 15) is 0 Å². The van der Waals surface area contributed by atoms with Crippen LogP contribution in [0.25, 0.3) is 0 Å². The number of benzene rings is 1. The van der Waals surface area contributed by atoms with Crippen molar-refractivity contribution in [3.8, 4) is 0 Å². The maximum Gasteiger partial charge on any atom is 0.0702 e. The lowest BCUT2D eigenvalue weighted by Crippen LogP contribution is -2.08. The molecular formula is C9H16N2O. The molecule has 0 radical (unpaired) electrons. The molecule has 68 valence electrons. The molecular weight excluding hydrogens is 152 g/mol. The summed E-state index contributed by atoms with van der Waals surface area (Å²) < 4.78 is 0. The lowest BCUT2D eigenvalue weighted by atomic mass is 10.2. The first-order chi connectivity index (χ1) is 5.88. The first-order valence-electron chi connectivity index (χ1n) is 4.04. The molecule has 0 saturated carbocycles. The number of rotatable bonds is 2. The van der Waals surface area contributed by atoms with E-state index >= 15 is 0 Å². The Hall–Kier alpha value is -1.06. The molecule has 0 heterocycles. The van der Waals surface area contributed by atoms with E-state index in [1.165, 1.54) is 0 Å². The second-order valence-corrected chi connectivity index (χ2v) is 1.96. The van der Waals surface area contributed by atoms with Gasteiger partial charge in [0.1, 0.15) is 0 Å². The summed E-state index contributed by atoms with van der Waals surface area (Å²) in [7, 11) is 0. The van der Waals surface area contributed by atoms with Gasteiger partial charge in [0.2, 0.25) is 0 Å². The van der Waals surface area contributed by atoms with Crippen molar-refractivity contribution in [1.29, 1.82) is 0 Å². The van der Waals surface area contributed by atoms with Gasteiger partial charge < -0.3 is 10.5 Å². The maximum atomic E-state index is 8.75. The number of aliphatic hydroxyl groups is 1. The Balaban J connectivity index is 0.000000561. The number of nitrogens with two attached hydrogens (primary N) is 1. The van der Waals surface area contributed by atoms with Crippen molar-refractivity contribution in [2.75, 3.05) is 5.43 Å². The summed E-state index contributed by atoms with van der Waals surface area (Å²) in [5.74, 6) is 5.17. The number of aliphatic hydroxyl groups excluding tert-OH is 1. The monoisotopic (exact) mass is 168 g/mol. The molecule has 0 aliphatic rings. The van der Waals surface area contributed by atoms with Crippen LogP contribution >= 0.6 is 0 Å². The summed E-state index contributed by atoms with van der Waals surface area (Å²) in [4.78, 5) is 0. The van der Waals surface area contributed by atoms with Crippen molar-refractivity contribution in [2.24, 2.45) is 5.84 Å². The third kappa shape index (κ3) is 2.90. The number of nitrogen functional groups attached to an aromatic ring is 1. The van der Waals surface area contributed by atoms with Gasteiger partial charge in [-0.3, -0.25) is 5.84 Å². The van der Waals surface area contributed by atoms with Gasteiger partial charge in [-0.25, -0.2) is 0 Å². The fraction of sp³-hybridized carbons (Fsp3) is 0.333. The largest absolute Gasteiger partial charge is 0.392 e. The first kappa shape index (κ1) is 10.9. The Labute approximate surface area is 73.2 Å². The Bertz CT molecular complexity index is 190. The van der Waals surface area contributed by atoms with Crippen LogP contribution in [0.5, 0.6) is 0 Å². The summed E-state index contributed by atoms with van der Waals surface area (Å²) in [6, 6.07) is 7.33. The second kappa shape index (κ2) is 6.64. The topological polar surface area (TPSA) is 58.3 Å². The van der Waals surface area contributed by atoms with Crippen molar-refractivity contribution >= 4 is 5.69 Å². The average molecular weight is 168 g/mol. The van der Waals surface area contributed by atoms with Gasteiger partial charge in [0.15, 0.2) is 0 Å². The zero-order valence-corrected chi connectivity index (χ0v) is 7.54. The molecule has 0 atom stereocenters. The molecule has 1 aromatic carbocycles. The highest BCUT2D eigenvalue weighted by atomic mass is 16.3. The molecule has 0 aromatic heterocycles. The van der Waals surface area contributed by atoms with Crippen LogP contribution in [-0.2, 0) is 6.61 Å². The predicted molar refractivity (Wildman–Crippen MR) is 51.5 cm³/mol. The summed E-state index contributed by atoms with van der Waals surface area (Å²) in [5.41, 5.74) is 4.07. The van der Waals surface area contributed by atoms with E-state index in [1.807, 2.05) is 38.1 Å². The van der Waals surface area contributed by atoms with Gasteiger partial charge >= 0.3 is 0 Å². The molecule has 3 heteroatoms. The van der Waals surface area contributed by atoms with E-state index in [-0.39, 0.29) is 6.61 Å². The number of hydrazine groups is 1. The molecule has 0 bridgehead atoms. The van der Waals surface area contributed by atoms with Crippen molar-refractivity contribution < 1.29 is 5.11 Å². The minimum atomic E-state index is 0.0143. The Morgan fingerprint density at radius 1 is 1.33 bits per heavy atom. The van der Waals surface area contributed by atoms with E-state index < -0.39 is 0 Å². The lowest BCUT2D eigenvalue weighted by Gasteiger charge is -2.03. The predicted octanol–water partition coefficient (Wildman–Crippen LogP) is 1.49. The summed E-state index contributed by atoms with van der Waals surface area (Å²) >= 11 is 0. The van der Waals surface area contributed by atoms with Crippen molar-refractivity contribution in [1.82, 2.24) is 0 Å². The maximum absolute atomic E-state index is 8.75. The molecule has 0 fully saturated rings. The highest BCUT2D eigenvalue weighted by Crippen LogP contribution is 2.12. The van der Waals surface area contributed by atoms with Crippen LogP contribution < -0.4 is 11.3 Å². The van der Waals surface area contributed by atoms with Gasteiger partial charge in [-0.2, -0.15) is 0 Å². The van der Waals surface area contributed by atoms with Gasteiger partial charge in [0, 0.05) is 5.56 Å². The quantitative estimate of drug-likeness (QED) is 0.463. The third-order valence-electron chi connectivity index (χ3n) is 1.34. The van der Waals surface area contributed by atoms with Crippen LogP contribution in [-0.4, -0.2) is 5.11 Å². The third-order valence-corrected chi connectivity index (χ3v) is 1.34. The van der Waals surface area contributed by atoms with Crippen molar-refractivity contribution in [2.45, 2.75) is 20.5 Å². The fourth-order valence-corrected chi connectivity index (χ4v) is 0.799. The van der Waals surface area contributed by atoms with Crippen LogP contribution in [0.15, 0.2) is 24.3 Å². The minimum Gasteiger partial charge on any atom is -0.392 e.